The smallest absolute Gasteiger partial charge is 0.136 e. The van der Waals surface area contributed by atoms with Crippen LogP contribution in [0.1, 0.15) is 19.5 Å². The summed E-state index contributed by atoms with van der Waals surface area (Å²) in [5.74, 6) is 0.0541. The summed E-state index contributed by atoms with van der Waals surface area (Å²) in [6, 6.07) is 6.50. The van der Waals surface area contributed by atoms with Crippen LogP contribution in [0.5, 0.6) is 0 Å². The molecule has 1 aromatic carbocycles. The van der Waals surface area contributed by atoms with Crippen LogP contribution >= 0.6 is 35.0 Å². The van der Waals surface area contributed by atoms with Gasteiger partial charge in [0.15, 0.2) is 0 Å². The first-order valence-electron chi connectivity index (χ1n) is 8.95. The highest BCUT2D eigenvalue weighted by molar-refractivity contribution is 8.15. The van der Waals surface area contributed by atoms with Gasteiger partial charge in [-0.1, -0.05) is 65.3 Å². The molecule has 0 radical (unpaired) electrons. The van der Waals surface area contributed by atoms with E-state index in [0.717, 1.165) is 5.04 Å². The molecule has 28 heavy (non-hydrogen) atoms. The number of aliphatic imine (C=N–C) groups is 1. The second kappa shape index (κ2) is 7.90. The third kappa shape index (κ3) is 3.71. The van der Waals surface area contributed by atoms with Crippen LogP contribution in [0, 0.1) is 5.82 Å². The summed E-state index contributed by atoms with van der Waals surface area (Å²) >= 11 is 14.6. The van der Waals surface area contributed by atoms with Crippen molar-refractivity contribution in [2.75, 3.05) is 5.32 Å². The van der Waals surface area contributed by atoms with Crippen LogP contribution in [0.3, 0.4) is 0 Å². The van der Waals surface area contributed by atoms with Crippen molar-refractivity contribution < 1.29 is 4.39 Å². The predicted octanol–water partition coefficient (Wildman–Crippen LogP) is 6.37. The minimum Gasteiger partial charge on any atom is -0.367 e. The monoisotopic (exact) mass is 433 g/mol. The van der Waals surface area contributed by atoms with Crippen molar-refractivity contribution in [2.45, 2.75) is 31.2 Å². The fraction of sp³-hybridized carbons (Fsp3) is 0.238. The molecular weight excluding hydrogens is 416 g/mol. The summed E-state index contributed by atoms with van der Waals surface area (Å²) in [5, 5.41) is 5.04. The average Bonchev–Trinajstić information content (AvgIpc) is 3.07. The molecule has 0 amide bonds. The third-order valence-electron chi connectivity index (χ3n) is 4.40. The molecule has 2 heterocycles. The first kappa shape index (κ1) is 19.5. The number of anilines is 1. The van der Waals surface area contributed by atoms with Gasteiger partial charge >= 0.3 is 0 Å². The minimum absolute atomic E-state index is 0.0785. The Kier molecular flexibility index (Phi) is 5.50. The summed E-state index contributed by atoms with van der Waals surface area (Å²) in [5.41, 5.74) is 1.38. The molecule has 2 atom stereocenters. The SMILES string of the molecule is CC(C)Nc1nc(C2=NC3C=CC=CC3S2)cc(Cl)c1-c1c(F)cccc1Cl. The zero-order valence-electron chi connectivity index (χ0n) is 15.3. The second-order valence-electron chi connectivity index (χ2n) is 6.89. The van der Waals surface area contributed by atoms with E-state index in [9.17, 15) is 4.39 Å². The average molecular weight is 434 g/mol. The summed E-state index contributed by atoms with van der Waals surface area (Å²) in [7, 11) is 0. The molecule has 0 saturated carbocycles. The number of allylic oxidation sites excluding steroid dienone is 2. The molecule has 0 bridgehead atoms. The second-order valence-corrected chi connectivity index (χ2v) is 8.87. The number of hydrogen-bond acceptors (Lipinski definition) is 4. The molecule has 2 aliphatic rings. The number of fused-ring (bicyclic) bond motifs is 1. The van der Waals surface area contributed by atoms with Gasteiger partial charge in [-0.15, -0.1) is 0 Å². The Bertz CT molecular complexity index is 997. The Morgan fingerprint density at radius 2 is 1.89 bits per heavy atom. The summed E-state index contributed by atoms with van der Waals surface area (Å²) in [4.78, 5) is 9.52. The van der Waals surface area contributed by atoms with Crippen LogP contribution in [0.25, 0.3) is 11.1 Å². The Morgan fingerprint density at radius 1 is 1.11 bits per heavy atom. The summed E-state index contributed by atoms with van der Waals surface area (Å²) < 4.78 is 14.6. The van der Waals surface area contributed by atoms with Crippen molar-refractivity contribution >= 4 is 45.8 Å². The topological polar surface area (TPSA) is 37.3 Å². The zero-order valence-corrected chi connectivity index (χ0v) is 17.6. The molecule has 0 spiro atoms. The van der Waals surface area contributed by atoms with E-state index < -0.39 is 5.82 Å². The molecule has 144 valence electrons. The number of aromatic nitrogens is 1. The van der Waals surface area contributed by atoms with E-state index >= 15 is 0 Å². The van der Waals surface area contributed by atoms with Gasteiger partial charge < -0.3 is 5.32 Å². The standard InChI is InChI=1S/C21H18Cl2FN3S/c1-11(2)25-20-19(18-12(22)6-5-7-14(18)24)13(23)10-16(26-20)21-27-15-8-3-4-9-17(15)28-21/h3-11,15,17H,1-2H3,(H,25,26). The summed E-state index contributed by atoms with van der Waals surface area (Å²) in [6.45, 7) is 3.97. The van der Waals surface area contributed by atoms with Crippen LogP contribution in [0.2, 0.25) is 10.0 Å². The number of halogens is 3. The highest BCUT2D eigenvalue weighted by atomic mass is 35.5. The molecule has 2 unspecified atom stereocenters. The highest BCUT2D eigenvalue weighted by Crippen LogP contribution is 2.42. The molecule has 0 saturated heterocycles. The highest BCUT2D eigenvalue weighted by Gasteiger charge is 2.30. The molecule has 0 fully saturated rings. The van der Waals surface area contributed by atoms with Crippen LogP contribution in [0.4, 0.5) is 10.2 Å². The van der Waals surface area contributed by atoms with Gasteiger partial charge in [0.2, 0.25) is 0 Å². The lowest BCUT2D eigenvalue weighted by Gasteiger charge is -2.18. The lowest BCUT2D eigenvalue weighted by Crippen LogP contribution is -2.14. The molecular formula is C21H18Cl2FN3S. The molecule has 1 aliphatic heterocycles. The maximum absolute atomic E-state index is 14.6. The number of pyridine rings is 1. The Morgan fingerprint density at radius 3 is 2.61 bits per heavy atom. The largest absolute Gasteiger partial charge is 0.367 e. The van der Waals surface area contributed by atoms with Gasteiger partial charge in [-0.2, -0.15) is 0 Å². The Hall–Kier alpha value is -1.82. The first-order valence-corrected chi connectivity index (χ1v) is 10.6. The molecule has 1 N–H and O–H groups in total. The normalized spacial score (nSPS) is 20.4. The number of benzene rings is 1. The van der Waals surface area contributed by atoms with Crippen molar-refractivity contribution in [1.82, 2.24) is 4.98 Å². The molecule has 7 heteroatoms. The molecule has 3 nitrogen and oxygen atoms in total. The maximum Gasteiger partial charge on any atom is 0.136 e. The van der Waals surface area contributed by atoms with Gasteiger partial charge in [-0.25, -0.2) is 9.37 Å². The van der Waals surface area contributed by atoms with Crippen molar-refractivity contribution in [1.29, 1.82) is 0 Å². The van der Waals surface area contributed by atoms with E-state index in [1.54, 1.807) is 30.0 Å². The van der Waals surface area contributed by atoms with E-state index in [2.05, 4.69) is 17.5 Å². The fourth-order valence-corrected chi connectivity index (χ4v) is 4.87. The molecule has 1 aliphatic carbocycles. The van der Waals surface area contributed by atoms with Gasteiger partial charge in [-0.05, 0) is 32.0 Å². The third-order valence-corrected chi connectivity index (χ3v) is 6.26. The van der Waals surface area contributed by atoms with E-state index in [-0.39, 0.29) is 27.9 Å². The van der Waals surface area contributed by atoms with Crippen LogP contribution in [-0.4, -0.2) is 27.4 Å². The Balaban J connectivity index is 1.83. The van der Waals surface area contributed by atoms with Crippen LogP contribution in [-0.2, 0) is 0 Å². The van der Waals surface area contributed by atoms with Gasteiger partial charge in [0.1, 0.15) is 16.7 Å². The maximum atomic E-state index is 14.6. The van der Waals surface area contributed by atoms with E-state index in [1.165, 1.54) is 6.07 Å². The number of hydrogen-bond donors (Lipinski definition) is 1. The van der Waals surface area contributed by atoms with Crippen LogP contribution < -0.4 is 5.32 Å². The van der Waals surface area contributed by atoms with E-state index in [1.807, 2.05) is 26.0 Å². The molecule has 1 aromatic heterocycles. The van der Waals surface area contributed by atoms with Crippen molar-refractivity contribution in [3.8, 4) is 11.1 Å². The lowest BCUT2D eigenvalue weighted by atomic mass is 10.0. The number of nitrogens with zero attached hydrogens (tertiary/aromatic N) is 2. The minimum atomic E-state index is -0.440. The van der Waals surface area contributed by atoms with E-state index in [0.29, 0.717) is 22.1 Å². The summed E-state index contributed by atoms with van der Waals surface area (Å²) in [6.07, 6.45) is 8.24. The fourth-order valence-electron chi connectivity index (χ4n) is 3.20. The number of thioether (sulfide) groups is 1. The predicted molar refractivity (Wildman–Crippen MR) is 118 cm³/mol. The first-order chi connectivity index (χ1) is 13.4. The van der Waals surface area contributed by atoms with Gasteiger partial charge in [-0.3, -0.25) is 4.99 Å². The van der Waals surface area contributed by atoms with Gasteiger partial charge in [0.25, 0.3) is 0 Å². The molecule has 2 aromatic rings. The van der Waals surface area contributed by atoms with Gasteiger partial charge in [0, 0.05) is 17.2 Å². The number of nitrogens with one attached hydrogen (secondary N) is 1. The van der Waals surface area contributed by atoms with Crippen molar-refractivity contribution in [2.24, 2.45) is 4.99 Å². The van der Waals surface area contributed by atoms with Crippen molar-refractivity contribution in [3.63, 3.8) is 0 Å². The van der Waals surface area contributed by atoms with Crippen LogP contribution in [0.15, 0.2) is 53.6 Å². The Labute approximate surface area is 177 Å². The van der Waals surface area contributed by atoms with Gasteiger partial charge in [0.05, 0.1) is 27.0 Å². The quantitative estimate of drug-likeness (QED) is 0.608. The number of rotatable bonds is 4. The lowest BCUT2D eigenvalue weighted by molar-refractivity contribution is 0.631. The molecule has 4 rings (SSSR count). The van der Waals surface area contributed by atoms with Crippen molar-refractivity contribution in [3.05, 3.63) is 70.1 Å². The zero-order chi connectivity index (χ0) is 19.8. The van der Waals surface area contributed by atoms with E-state index in [4.69, 9.17) is 33.2 Å².